The van der Waals surface area contributed by atoms with Crippen LogP contribution in [0, 0.1) is 0 Å². The van der Waals surface area contributed by atoms with Crippen molar-refractivity contribution in [2.45, 2.75) is 0 Å². The first-order chi connectivity index (χ1) is 18.3. The van der Waals surface area contributed by atoms with Crippen molar-refractivity contribution in [3.8, 4) is 16.8 Å². The Bertz CT molecular complexity index is 2150. The molecule has 0 bridgehead atoms. The molecule has 37 heavy (non-hydrogen) atoms. The van der Waals surface area contributed by atoms with Gasteiger partial charge in [-0.15, -0.1) is 0 Å². The van der Waals surface area contributed by atoms with Crippen molar-refractivity contribution < 1.29 is 0 Å². The Balaban J connectivity index is 1.45. The fourth-order valence-electron chi connectivity index (χ4n) is 5.80. The second-order valence-corrected chi connectivity index (χ2v) is 9.58. The Kier molecular flexibility index (Phi) is 4.23. The fraction of sp³-hybridized carbons (Fsp3) is 0. The van der Waals surface area contributed by atoms with Crippen LogP contribution in [0.4, 0.5) is 0 Å². The zero-order valence-electron chi connectivity index (χ0n) is 20.0. The van der Waals surface area contributed by atoms with Crippen LogP contribution in [0.2, 0.25) is 0 Å². The Labute approximate surface area is 213 Å². The molecule has 2 aromatic heterocycles. The van der Waals surface area contributed by atoms with Gasteiger partial charge in [0.1, 0.15) is 0 Å². The number of hydrogen-bond acceptors (Lipinski definition) is 2. The molecule has 3 nitrogen and oxygen atoms in total. The monoisotopic (exact) mass is 471 g/mol. The third-order valence-electron chi connectivity index (χ3n) is 7.55. The maximum absolute atomic E-state index is 4.31. The highest BCUT2D eigenvalue weighted by atomic mass is 15.1. The van der Waals surface area contributed by atoms with E-state index in [1.807, 2.05) is 12.4 Å². The Morgan fingerprint density at radius 2 is 1.11 bits per heavy atom. The smallest absolute Gasteiger partial charge is 0.0596 e. The van der Waals surface area contributed by atoms with Crippen LogP contribution in [0.3, 0.4) is 0 Å². The second kappa shape index (κ2) is 7.74. The van der Waals surface area contributed by atoms with Crippen LogP contribution in [0.15, 0.2) is 128 Å². The number of fused-ring (bicyclic) bond motifs is 6. The van der Waals surface area contributed by atoms with E-state index in [2.05, 4.69) is 130 Å². The fourth-order valence-corrected chi connectivity index (χ4v) is 5.80. The number of nitrogens with zero attached hydrogens (tertiary/aromatic N) is 3. The molecule has 0 atom stereocenters. The van der Waals surface area contributed by atoms with Crippen LogP contribution >= 0.6 is 0 Å². The van der Waals surface area contributed by atoms with Gasteiger partial charge in [-0.2, -0.15) is 10.2 Å². The highest BCUT2D eigenvalue weighted by Gasteiger charge is 2.17. The topological polar surface area (TPSA) is 30.7 Å². The van der Waals surface area contributed by atoms with Crippen LogP contribution < -0.4 is 0 Å². The van der Waals surface area contributed by atoms with Gasteiger partial charge >= 0.3 is 0 Å². The molecule has 0 amide bonds. The van der Waals surface area contributed by atoms with Crippen LogP contribution in [0.5, 0.6) is 0 Å². The summed E-state index contributed by atoms with van der Waals surface area (Å²) in [5, 5.41) is 18.2. The van der Waals surface area contributed by atoms with E-state index in [-0.39, 0.29) is 0 Å². The first-order valence-electron chi connectivity index (χ1n) is 12.5. The van der Waals surface area contributed by atoms with Crippen LogP contribution in [-0.4, -0.2) is 14.8 Å². The second-order valence-electron chi connectivity index (χ2n) is 9.58. The van der Waals surface area contributed by atoms with E-state index in [4.69, 9.17) is 0 Å². The van der Waals surface area contributed by atoms with E-state index in [1.165, 1.54) is 48.9 Å². The van der Waals surface area contributed by atoms with Crippen LogP contribution in [0.1, 0.15) is 0 Å². The zero-order chi connectivity index (χ0) is 24.3. The molecular weight excluding hydrogens is 450 g/mol. The van der Waals surface area contributed by atoms with Crippen LogP contribution in [-0.2, 0) is 0 Å². The van der Waals surface area contributed by atoms with Gasteiger partial charge in [0.05, 0.1) is 29.1 Å². The van der Waals surface area contributed by atoms with Crippen molar-refractivity contribution in [2.75, 3.05) is 0 Å². The molecule has 0 aliphatic carbocycles. The predicted octanol–water partition coefficient (Wildman–Crippen LogP) is 8.70. The van der Waals surface area contributed by atoms with Crippen molar-refractivity contribution in [3.05, 3.63) is 128 Å². The normalized spacial score (nSPS) is 11.8. The van der Waals surface area contributed by atoms with Gasteiger partial charge in [0.25, 0.3) is 0 Å². The Morgan fingerprint density at radius 1 is 0.432 bits per heavy atom. The molecule has 0 spiro atoms. The zero-order valence-corrected chi connectivity index (χ0v) is 20.0. The summed E-state index contributed by atoms with van der Waals surface area (Å²) in [4.78, 5) is 0. The van der Waals surface area contributed by atoms with Gasteiger partial charge in [0.15, 0.2) is 0 Å². The summed E-state index contributed by atoms with van der Waals surface area (Å²) in [7, 11) is 0. The van der Waals surface area contributed by atoms with Gasteiger partial charge in [0.2, 0.25) is 0 Å². The average Bonchev–Trinajstić information content (AvgIpc) is 3.28. The van der Waals surface area contributed by atoms with Crippen molar-refractivity contribution in [2.24, 2.45) is 0 Å². The van der Waals surface area contributed by atoms with Crippen molar-refractivity contribution in [1.82, 2.24) is 14.8 Å². The van der Waals surface area contributed by atoms with E-state index in [0.29, 0.717) is 0 Å². The quantitative estimate of drug-likeness (QED) is 0.252. The van der Waals surface area contributed by atoms with Crippen molar-refractivity contribution in [3.63, 3.8) is 0 Å². The van der Waals surface area contributed by atoms with E-state index in [1.54, 1.807) is 0 Å². The van der Waals surface area contributed by atoms with E-state index in [0.717, 1.165) is 22.0 Å². The molecule has 0 saturated carbocycles. The lowest BCUT2D eigenvalue weighted by molar-refractivity contribution is 1.05. The molecule has 2 heterocycles. The molecule has 0 saturated heterocycles. The largest absolute Gasteiger partial charge is 0.309 e. The molecule has 0 aliphatic heterocycles. The Hall–Kier alpha value is -5.02. The van der Waals surface area contributed by atoms with Crippen LogP contribution in [0.25, 0.3) is 70.9 Å². The molecule has 0 fully saturated rings. The summed E-state index contributed by atoms with van der Waals surface area (Å²) in [5.41, 5.74) is 5.82. The molecule has 0 aliphatic rings. The minimum atomic E-state index is 1.08. The molecule has 8 aromatic rings. The van der Waals surface area contributed by atoms with E-state index >= 15 is 0 Å². The van der Waals surface area contributed by atoms with Gasteiger partial charge < -0.3 is 4.57 Å². The van der Waals surface area contributed by atoms with Gasteiger partial charge in [-0.3, -0.25) is 0 Å². The minimum absolute atomic E-state index is 1.08. The highest BCUT2D eigenvalue weighted by molar-refractivity contribution is 6.15. The summed E-state index contributed by atoms with van der Waals surface area (Å²) >= 11 is 0. The van der Waals surface area contributed by atoms with Gasteiger partial charge in [-0.25, -0.2) is 0 Å². The Morgan fingerprint density at radius 3 is 1.95 bits per heavy atom. The SMILES string of the molecule is c1ccc2cc(-c3ccc(-n4c5ccccc5c5cc6ccccc6cc54)c4cnncc34)ccc2c1. The summed E-state index contributed by atoms with van der Waals surface area (Å²) < 4.78 is 2.38. The van der Waals surface area contributed by atoms with E-state index in [9.17, 15) is 0 Å². The lowest BCUT2D eigenvalue weighted by Gasteiger charge is -2.14. The molecule has 172 valence electrons. The molecule has 3 heteroatoms. The first kappa shape index (κ1) is 20.2. The van der Waals surface area contributed by atoms with Crippen molar-refractivity contribution in [1.29, 1.82) is 0 Å². The molecular formula is C34H21N3. The lowest BCUT2D eigenvalue weighted by atomic mass is 9.97. The third kappa shape index (κ3) is 3.01. The summed E-state index contributed by atoms with van der Waals surface area (Å²) in [6, 6.07) is 41.4. The molecule has 0 radical (unpaired) electrons. The number of aromatic nitrogens is 3. The lowest BCUT2D eigenvalue weighted by Crippen LogP contribution is -1.97. The number of para-hydroxylation sites is 1. The molecule has 0 unspecified atom stereocenters. The summed E-state index contributed by atoms with van der Waals surface area (Å²) in [6.45, 7) is 0. The number of rotatable bonds is 2. The number of benzene rings is 6. The van der Waals surface area contributed by atoms with Crippen molar-refractivity contribution >= 4 is 54.1 Å². The number of hydrogen-bond donors (Lipinski definition) is 0. The molecule has 8 rings (SSSR count). The van der Waals surface area contributed by atoms with Gasteiger partial charge in [-0.1, -0.05) is 84.9 Å². The minimum Gasteiger partial charge on any atom is -0.309 e. The summed E-state index contributed by atoms with van der Waals surface area (Å²) in [6.07, 6.45) is 3.80. The first-order valence-corrected chi connectivity index (χ1v) is 12.5. The molecule has 6 aromatic carbocycles. The highest BCUT2D eigenvalue weighted by Crippen LogP contribution is 2.39. The van der Waals surface area contributed by atoms with E-state index < -0.39 is 0 Å². The third-order valence-corrected chi connectivity index (χ3v) is 7.55. The summed E-state index contributed by atoms with van der Waals surface area (Å²) in [5.74, 6) is 0. The standard InChI is InChI=1S/C34H21N3/c1-2-8-23-17-26(14-13-22(23)7-1)27-15-16-33(31-21-36-35-20-30(27)31)37-32-12-6-5-11-28(32)29-18-24-9-3-4-10-25(24)19-34(29)37/h1-21H. The van der Waals surface area contributed by atoms with Gasteiger partial charge in [-0.05, 0) is 63.0 Å². The maximum atomic E-state index is 4.31. The maximum Gasteiger partial charge on any atom is 0.0596 e. The predicted molar refractivity (Wildman–Crippen MR) is 154 cm³/mol. The average molecular weight is 472 g/mol. The van der Waals surface area contributed by atoms with Gasteiger partial charge in [0, 0.05) is 21.5 Å². The molecule has 0 N–H and O–H groups in total.